The van der Waals surface area contributed by atoms with E-state index in [0.29, 0.717) is 16.3 Å². The molecule has 0 aliphatic carbocycles. The van der Waals surface area contributed by atoms with E-state index in [4.69, 9.17) is 21.6 Å². The van der Waals surface area contributed by atoms with Gasteiger partial charge >= 0.3 is 0 Å². The van der Waals surface area contributed by atoms with Gasteiger partial charge in [0.05, 0.1) is 7.11 Å². The third kappa shape index (κ3) is 4.31. The molecule has 4 nitrogen and oxygen atoms in total. The van der Waals surface area contributed by atoms with E-state index in [1.807, 2.05) is 0 Å². The van der Waals surface area contributed by atoms with Gasteiger partial charge < -0.3 is 10.1 Å². The van der Waals surface area contributed by atoms with Crippen LogP contribution in [-0.2, 0) is 4.79 Å². The molecule has 0 radical (unpaired) electrons. The van der Waals surface area contributed by atoms with Gasteiger partial charge in [0.15, 0.2) is 11.6 Å². The van der Waals surface area contributed by atoms with Crippen LogP contribution in [0.2, 0.25) is 5.02 Å². The van der Waals surface area contributed by atoms with Crippen LogP contribution in [-0.4, -0.2) is 13.0 Å². The maximum absolute atomic E-state index is 13.6. The molecule has 2 rings (SSSR count). The minimum Gasteiger partial charge on any atom is -0.494 e. The van der Waals surface area contributed by atoms with Crippen LogP contribution in [0.4, 0.5) is 10.1 Å². The number of amides is 1. The van der Waals surface area contributed by atoms with Gasteiger partial charge in [0.1, 0.15) is 11.6 Å². The summed E-state index contributed by atoms with van der Waals surface area (Å²) in [6.45, 7) is 0. The molecule has 0 bridgehead atoms. The first-order valence-corrected chi connectivity index (χ1v) is 6.93. The lowest BCUT2D eigenvalue weighted by molar-refractivity contribution is -0.112. The highest BCUT2D eigenvalue weighted by atomic mass is 35.5. The van der Waals surface area contributed by atoms with Crippen LogP contribution < -0.4 is 10.1 Å². The summed E-state index contributed by atoms with van der Waals surface area (Å²) in [4.78, 5) is 12.1. The summed E-state index contributed by atoms with van der Waals surface area (Å²) in [7, 11) is 1.36. The second-order valence-corrected chi connectivity index (χ2v) is 4.96. The first-order valence-electron chi connectivity index (χ1n) is 6.55. The predicted octanol–water partition coefficient (Wildman–Crippen LogP) is 4.03. The molecular formula is C17H12ClFN2O2. The van der Waals surface area contributed by atoms with Crippen molar-refractivity contribution in [3.05, 3.63) is 64.4 Å². The zero-order chi connectivity index (χ0) is 16.8. The summed E-state index contributed by atoms with van der Waals surface area (Å²) in [5, 5.41) is 12.2. The molecule has 0 aliphatic rings. The second-order valence-electron chi connectivity index (χ2n) is 4.52. The second kappa shape index (κ2) is 7.43. The van der Waals surface area contributed by atoms with E-state index in [0.717, 1.165) is 0 Å². The number of hydrogen-bond acceptors (Lipinski definition) is 3. The van der Waals surface area contributed by atoms with Crippen molar-refractivity contribution in [3.8, 4) is 11.8 Å². The van der Waals surface area contributed by atoms with Crippen molar-refractivity contribution in [2.75, 3.05) is 12.4 Å². The first-order chi connectivity index (χ1) is 11.0. The molecule has 0 fully saturated rings. The quantitative estimate of drug-likeness (QED) is 0.680. The molecule has 0 aliphatic heterocycles. The van der Waals surface area contributed by atoms with Crippen LogP contribution in [0.25, 0.3) is 6.08 Å². The Balaban J connectivity index is 2.21. The summed E-state index contributed by atoms with van der Waals surface area (Å²) in [5.41, 5.74) is 0.733. The van der Waals surface area contributed by atoms with Gasteiger partial charge in [-0.05, 0) is 48.0 Å². The van der Waals surface area contributed by atoms with Gasteiger partial charge in [-0.15, -0.1) is 0 Å². The highest BCUT2D eigenvalue weighted by molar-refractivity contribution is 6.30. The Kier molecular flexibility index (Phi) is 5.34. The van der Waals surface area contributed by atoms with Crippen LogP contribution in [0.15, 0.2) is 48.0 Å². The number of nitriles is 1. The fourth-order valence-electron chi connectivity index (χ4n) is 1.82. The summed E-state index contributed by atoms with van der Waals surface area (Å²) in [5.74, 6) is -1.08. The van der Waals surface area contributed by atoms with E-state index in [1.165, 1.54) is 25.3 Å². The van der Waals surface area contributed by atoms with Crippen molar-refractivity contribution >= 4 is 29.3 Å². The molecule has 1 amide bonds. The summed E-state index contributed by atoms with van der Waals surface area (Å²) in [6, 6.07) is 12.4. The average molecular weight is 331 g/mol. The number of ether oxygens (including phenoxy) is 1. The van der Waals surface area contributed by atoms with E-state index in [2.05, 4.69) is 5.32 Å². The smallest absolute Gasteiger partial charge is 0.266 e. The highest BCUT2D eigenvalue weighted by Crippen LogP contribution is 2.20. The normalized spacial score (nSPS) is 10.8. The molecular weight excluding hydrogens is 319 g/mol. The van der Waals surface area contributed by atoms with E-state index >= 15 is 0 Å². The summed E-state index contributed by atoms with van der Waals surface area (Å²) >= 11 is 5.76. The van der Waals surface area contributed by atoms with Crippen molar-refractivity contribution in [2.45, 2.75) is 0 Å². The van der Waals surface area contributed by atoms with Gasteiger partial charge in [0, 0.05) is 10.7 Å². The van der Waals surface area contributed by atoms with E-state index in [-0.39, 0.29) is 11.3 Å². The van der Waals surface area contributed by atoms with Gasteiger partial charge in [-0.1, -0.05) is 17.7 Å². The molecule has 0 saturated heterocycles. The number of anilines is 1. The Morgan fingerprint density at radius 3 is 2.57 bits per heavy atom. The van der Waals surface area contributed by atoms with E-state index in [1.54, 1.807) is 36.4 Å². The Morgan fingerprint density at radius 2 is 2.00 bits per heavy atom. The molecule has 1 N–H and O–H groups in total. The van der Waals surface area contributed by atoms with Gasteiger partial charge in [0.2, 0.25) is 0 Å². The molecule has 0 saturated carbocycles. The van der Waals surface area contributed by atoms with Crippen molar-refractivity contribution in [2.24, 2.45) is 0 Å². The van der Waals surface area contributed by atoms with Crippen LogP contribution in [0.1, 0.15) is 5.56 Å². The highest BCUT2D eigenvalue weighted by Gasteiger charge is 2.10. The molecule has 0 heterocycles. The zero-order valence-corrected chi connectivity index (χ0v) is 12.9. The fraction of sp³-hybridized carbons (Fsp3) is 0.0588. The Hall–Kier alpha value is -2.84. The van der Waals surface area contributed by atoms with Crippen LogP contribution in [0.5, 0.6) is 5.75 Å². The molecule has 23 heavy (non-hydrogen) atoms. The third-order valence-electron chi connectivity index (χ3n) is 2.95. The summed E-state index contributed by atoms with van der Waals surface area (Å²) < 4.78 is 18.5. The minimum atomic E-state index is -0.592. The van der Waals surface area contributed by atoms with E-state index in [9.17, 15) is 9.18 Å². The summed E-state index contributed by atoms with van der Waals surface area (Å²) in [6.07, 6.45) is 1.30. The van der Waals surface area contributed by atoms with Crippen LogP contribution in [0.3, 0.4) is 0 Å². The average Bonchev–Trinajstić information content (AvgIpc) is 2.54. The number of rotatable bonds is 4. The van der Waals surface area contributed by atoms with E-state index < -0.39 is 11.7 Å². The number of nitrogens with one attached hydrogen (secondary N) is 1. The lowest BCUT2D eigenvalue weighted by Gasteiger charge is -2.05. The largest absolute Gasteiger partial charge is 0.494 e. The predicted molar refractivity (Wildman–Crippen MR) is 86.6 cm³/mol. The Morgan fingerprint density at radius 1 is 1.30 bits per heavy atom. The van der Waals surface area contributed by atoms with Gasteiger partial charge in [-0.3, -0.25) is 4.79 Å². The molecule has 0 unspecified atom stereocenters. The number of methoxy groups -OCH3 is 1. The lowest BCUT2D eigenvalue weighted by atomic mass is 10.1. The van der Waals surface area contributed by atoms with Gasteiger partial charge in [-0.2, -0.15) is 5.26 Å². The molecule has 0 aromatic heterocycles. The zero-order valence-electron chi connectivity index (χ0n) is 12.1. The Labute approximate surface area is 137 Å². The van der Waals surface area contributed by atoms with Gasteiger partial charge in [0.25, 0.3) is 5.91 Å². The van der Waals surface area contributed by atoms with Crippen molar-refractivity contribution in [3.63, 3.8) is 0 Å². The Bertz CT molecular complexity index is 795. The van der Waals surface area contributed by atoms with Crippen molar-refractivity contribution in [1.29, 1.82) is 5.26 Å². The van der Waals surface area contributed by atoms with Crippen LogP contribution >= 0.6 is 11.6 Å². The van der Waals surface area contributed by atoms with Crippen LogP contribution in [0, 0.1) is 17.1 Å². The maximum Gasteiger partial charge on any atom is 0.266 e. The molecule has 2 aromatic rings. The standard InChI is InChI=1S/C17H12ClFN2O2/c1-23-16-7-2-11(9-15(16)19)8-12(10-20)17(22)21-14-5-3-13(18)4-6-14/h2-9H,1H3,(H,21,22)/b12-8+. The van der Waals surface area contributed by atoms with Crippen molar-refractivity contribution in [1.82, 2.24) is 0 Å². The maximum atomic E-state index is 13.6. The SMILES string of the molecule is COc1ccc(/C=C(\C#N)C(=O)Nc2ccc(Cl)cc2)cc1F. The number of carbonyl (C=O) groups is 1. The number of halogens is 2. The minimum absolute atomic E-state index is 0.0891. The van der Waals surface area contributed by atoms with Gasteiger partial charge in [-0.25, -0.2) is 4.39 Å². The first kappa shape index (κ1) is 16.5. The fourth-order valence-corrected chi connectivity index (χ4v) is 1.95. The lowest BCUT2D eigenvalue weighted by Crippen LogP contribution is -2.13. The molecule has 6 heteroatoms. The monoisotopic (exact) mass is 330 g/mol. The number of nitrogens with zero attached hydrogens (tertiary/aromatic N) is 1. The number of benzene rings is 2. The molecule has 116 valence electrons. The number of hydrogen-bond donors (Lipinski definition) is 1. The topological polar surface area (TPSA) is 62.1 Å². The molecule has 0 spiro atoms. The molecule has 2 aromatic carbocycles. The molecule has 0 atom stereocenters. The van der Waals surface area contributed by atoms with Crippen molar-refractivity contribution < 1.29 is 13.9 Å². The number of carbonyl (C=O) groups excluding carboxylic acids is 1. The third-order valence-corrected chi connectivity index (χ3v) is 3.21.